The normalized spacial score (nSPS) is 10.2. The minimum Gasteiger partial charge on any atom is -0.462 e. The highest BCUT2D eigenvalue weighted by Crippen LogP contribution is 2.29. The van der Waals surface area contributed by atoms with Crippen LogP contribution >= 0.6 is 11.3 Å². The molecule has 0 aliphatic heterocycles. The van der Waals surface area contributed by atoms with Crippen molar-refractivity contribution in [2.75, 3.05) is 13.2 Å². The van der Waals surface area contributed by atoms with Gasteiger partial charge in [-0.1, -0.05) is 12.1 Å². The first-order valence-electron chi connectivity index (χ1n) is 6.69. The molecule has 5 heteroatoms. The van der Waals surface area contributed by atoms with Gasteiger partial charge in [-0.2, -0.15) is 0 Å². The second-order valence-corrected chi connectivity index (χ2v) is 5.13. The average molecular weight is 304 g/mol. The highest BCUT2D eigenvalue weighted by atomic mass is 32.1. The zero-order valence-corrected chi connectivity index (χ0v) is 12.7. The lowest BCUT2D eigenvalue weighted by Gasteiger charge is -2.10. The molecular formula is C16H16O4S. The van der Waals surface area contributed by atoms with Crippen LogP contribution in [0, 0.1) is 0 Å². The number of ether oxygens (including phenoxy) is 2. The van der Waals surface area contributed by atoms with Gasteiger partial charge in [0, 0.05) is 10.4 Å². The van der Waals surface area contributed by atoms with Crippen molar-refractivity contribution in [2.24, 2.45) is 0 Å². The first kappa shape index (κ1) is 15.3. The van der Waals surface area contributed by atoms with Gasteiger partial charge in [0.15, 0.2) is 0 Å². The third-order valence-electron chi connectivity index (χ3n) is 2.81. The van der Waals surface area contributed by atoms with Crippen LogP contribution in [0.25, 0.3) is 10.4 Å². The molecule has 0 unspecified atom stereocenters. The fourth-order valence-corrected chi connectivity index (χ4v) is 2.68. The van der Waals surface area contributed by atoms with E-state index >= 15 is 0 Å². The summed E-state index contributed by atoms with van der Waals surface area (Å²) in [7, 11) is 0. The quantitative estimate of drug-likeness (QED) is 0.789. The van der Waals surface area contributed by atoms with E-state index in [2.05, 4.69) is 0 Å². The van der Waals surface area contributed by atoms with E-state index in [9.17, 15) is 9.59 Å². The molecule has 4 nitrogen and oxygen atoms in total. The van der Waals surface area contributed by atoms with Crippen LogP contribution in [0.15, 0.2) is 35.7 Å². The molecule has 0 spiro atoms. The van der Waals surface area contributed by atoms with Gasteiger partial charge < -0.3 is 9.47 Å². The van der Waals surface area contributed by atoms with Crippen molar-refractivity contribution in [3.63, 3.8) is 0 Å². The number of rotatable bonds is 5. The van der Waals surface area contributed by atoms with Gasteiger partial charge in [-0.15, -0.1) is 11.3 Å². The monoisotopic (exact) mass is 304 g/mol. The van der Waals surface area contributed by atoms with Gasteiger partial charge in [-0.3, -0.25) is 0 Å². The summed E-state index contributed by atoms with van der Waals surface area (Å²) in [6.07, 6.45) is 0. The molecule has 0 fully saturated rings. The standard InChI is InChI=1S/C16H16O4S/c1-3-19-15(17)11-7-8-12(14-6-5-9-21-14)13(10-11)16(18)20-4-2/h5-10H,3-4H2,1-2H3. The maximum absolute atomic E-state index is 12.1. The van der Waals surface area contributed by atoms with Crippen LogP contribution < -0.4 is 0 Å². The number of hydrogen-bond acceptors (Lipinski definition) is 5. The number of carbonyl (C=O) groups is 2. The Balaban J connectivity index is 2.46. The maximum atomic E-state index is 12.1. The van der Waals surface area contributed by atoms with Crippen molar-refractivity contribution in [3.8, 4) is 10.4 Å². The molecule has 2 rings (SSSR count). The Labute approximate surface area is 127 Å². The van der Waals surface area contributed by atoms with E-state index in [1.165, 1.54) is 17.4 Å². The van der Waals surface area contributed by atoms with Gasteiger partial charge in [-0.05, 0) is 37.4 Å². The number of hydrogen-bond donors (Lipinski definition) is 0. The first-order chi connectivity index (χ1) is 10.2. The molecule has 0 atom stereocenters. The van der Waals surface area contributed by atoms with E-state index in [1.54, 1.807) is 26.0 Å². The predicted octanol–water partition coefficient (Wildman–Crippen LogP) is 3.77. The summed E-state index contributed by atoms with van der Waals surface area (Å²) < 4.78 is 10.0. The Morgan fingerprint density at radius 3 is 2.38 bits per heavy atom. The van der Waals surface area contributed by atoms with Crippen molar-refractivity contribution in [1.82, 2.24) is 0 Å². The maximum Gasteiger partial charge on any atom is 0.338 e. The number of esters is 2. The molecule has 0 aliphatic carbocycles. The van der Waals surface area contributed by atoms with Gasteiger partial charge >= 0.3 is 11.9 Å². The second kappa shape index (κ2) is 7.04. The van der Waals surface area contributed by atoms with Gasteiger partial charge in [0.2, 0.25) is 0 Å². The molecular weight excluding hydrogens is 288 g/mol. The molecule has 0 saturated heterocycles. The summed E-state index contributed by atoms with van der Waals surface area (Å²) in [5, 5.41) is 1.93. The molecule has 1 aromatic carbocycles. The second-order valence-electron chi connectivity index (χ2n) is 4.18. The highest BCUT2D eigenvalue weighted by molar-refractivity contribution is 7.13. The summed E-state index contributed by atoms with van der Waals surface area (Å²) >= 11 is 1.53. The SMILES string of the molecule is CCOC(=O)c1ccc(-c2cccs2)c(C(=O)OCC)c1. The van der Waals surface area contributed by atoms with E-state index < -0.39 is 11.9 Å². The molecule has 0 aliphatic rings. The van der Waals surface area contributed by atoms with Crippen molar-refractivity contribution < 1.29 is 19.1 Å². The summed E-state index contributed by atoms with van der Waals surface area (Å²) in [4.78, 5) is 24.9. The molecule has 0 radical (unpaired) electrons. The van der Waals surface area contributed by atoms with Gasteiger partial charge in [0.25, 0.3) is 0 Å². The third-order valence-corrected chi connectivity index (χ3v) is 3.72. The first-order valence-corrected chi connectivity index (χ1v) is 7.57. The molecule has 0 amide bonds. The van der Waals surface area contributed by atoms with Crippen molar-refractivity contribution in [3.05, 3.63) is 46.8 Å². The summed E-state index contributed by atoms with van der Waals surface area (Å²) in [6.45, 7) is 4.06. The summed E-state index contributed by atoms with van der Waals surface area (Å²) in [5.74, 6) is -0.882. The average Bonchev–Trinajstić information content (AvgIpc) is 3.01. The Bertz CT molecular complexity index is 632. The molecule has 0 bridgehead atoms. The topological polar surface area (TPSA) is 52.6 Å². The van der Waals surface area contributed by atoms with Crippen LogP contribution in [0.3, 0.4) is 0 Å². The fraction of sp³-hybridized carbons (Fsp3) is 0.250. The lowest BCUT2D eigenvalue weighted by molar-refractivity contribution is 0.0526. The lowest BCUT2D eigenvalue weighted by Crippen LogP contribution is -2.10. The molecule has 21 heavy (non-hydrogen) atoms. The molecule has 2 aromatic rings. The van der Waals surface area contributed by atoms with Crippen molar-refractivity contribution >= 4 is 23.3 Å². The number of carbonyl (C=O) groups excluding carboxylic acids is 2. The molecule has 110 valence electrons. The van der Waals surface area contributed by atoms with E-state index in [-0.39, 0.29) is 6.61 Å². The van der Waals surface area contributed by atoms with E-state index in [0.717, 1.165) is 10.4 Å². The fourth-order valence-electron chi connectivity index (χ4n) is 1.91. The van der Waals surface area contributed by atoms with Gasteiger partial charge in [0.05, 0.1) is 24.3 Å². The Kier molecular flexibility index (Phi) is 5.11. The molecule has 0 N–H and O–H groups in total. The van der Waals surface area contributed by atoms with Crippen LogP contribution in [-0.4, -0.2) is 25.2 Å². The van der Waals surface area contributed by atoms with Crippen LogP contribution in [0.4, 0.5) is 0 Å². The van der Waals surface area contributed by atoms with Crippen molar-refractivity contribution in [1.29, 1.82) is 0 Å². The molecule has 1 heterocycles. The Hall–Kier alpha value is -2.14. The van der Waals surface area contributed by atoms with E-state index in [1.807, 2.05) is 17.5 Å². The van der Waals surface area contributed by atoms with E-state index in [4.69, 9.17) is 9.47 Å². The molecule has 1 aromatic heterocycles. The predicted molar refractivity (Wildman–Crippen MR) is 81.7 cm³/mol. The number of thiophene rings is 1. The minimum absolute atomic E-state index is 0.284. The van der Waals surface area contributed by atoms with Crippen LogP contribution in [0.1, 0.15) is 34.6 Å². The van der Waals surface area contributed by atoms with Crippen molar-refractivity contribution in [2.45, 2.75) is 13.8 Å². The smallest absolute Gasteiger partial charge is 0.338 e. The molecule has 0 saturated carbocycles. The van der Waals surface area contributed by atoms with Crippen LogP contribution in [0.5, 0.6) is 0 Å². The largest absolute Gasteiger partial charge is 0.462 e. The summed E-state index contributed by atoms with van der Waals surface area (Å²) in [5.41, 5.74) is 1.49. The lowest BCUT2D eigenvalue weighted by atomic mass is 10.0. The van der Waals surface area contributed by atoms with E-state index in [0.29, 0.717) is 17.7 Å². The zero-order valence-electron chi connectivity index (χ0n) is 11.9. The summed E-state index contributed by atoms with van der Waals surface area (Å²) in [6, 6.07) is 8.78. The van der Waals surface area contributed by atoms with Crippen LogP contribution in [-0.2, 0) is 9.47 Å². The van der Waals surface area contributed by atoms with Gasteiger partial charge in [0.1, 0.15) is 0 Å². The third kappa shape index (κ3) is 3.49. The minimum atomic E-state index is -0.444. The number of benzene rings is 1. The zero-order chi connectivity index (χ0) is 15.2. The highest BCUT2D eigenvalue weighted by Gasteiger charge is 2.18. The van der Waals surface area contributed by atoms with Gasteiger partial charge in [-0.25, -0.2) is 9.59 Å². The Morgan fingerprint density at radius 1 is 1.05 bits per heavy atom. The Morgan fingerprint density at radius 2 is 1.76 bits per heavy atom. The van der Waals surface area contributed by atoms with Crippen LogP contribution in [0.2, 0.25) is 0 Å².